The predicted molar refractivity (Wildman–Crippen MR) is 87.0 cm³/mol. The van der Waals surface area contributed by atoms with Crippen LogP contribution in [0.4, 0.5) is 5.95 Å². The maximum atomic E-state index is 11.5. The molecule has 7 heteroatoms. The molecule has 0 saturated heterocycles. The highest BCUT2D eigenvalue weighted by molar-refractivity contribution is 9.10. The summed E-state index contributed by atoms with van der Waals surface area (Å²) in [5, 5.41) is 9.38. The molecule has 0 saturated carbocycles. The van der Waals surface area contributed by atoms with E-state index in [4.69, 9.17) is 10.5 Å². The van der Waals surface area contributed by atoms with E-state index >= 15 is 0 Å². The SMILES string of the molecule is Cc1nc(N)nc(-c2ccc(OC(C)C)c(Br)c2)c1C(=O)O. The van der Waals surface area contributed by atoms with Crippen molar-refractivity contribution in [2.75, 3.05) is 5.73 Å². The molecule has 1 aromatic heterocycles. The molecule has 0 amide bonds. The lowest BCUT2D eigenvalue weighted by Gasteiger charge is -2.13. The van der Waals surface area contributed by atoms with Gasteiger partial charge in [-0.1, -0.05) is 0 Å². The highest BCUT2D eigenvalue weighted by Gasteiger charge is 2.19. The van der Waals surface area contributed by atoms with Gasteiger partial charge in [0.1, 0.15) is 11.3 Å². The van der Waals surface area contributed by atoms with Crippen LogP contribution in [0.1, 0.15) is 29.9 Å². The number of halogens is 1. The first-order chi connectivity index (χ1) is 10.3. The molecule has 1 aromatic carbocycles. The predicted octanol–water partition coefficient (Wildman–Crippen LogP) is 3.28. The lowest BCUT2D eigenvalue weighted by molar-refractivity contribution is 0.0696. The molecule has 6 nitrogen and oxygen atoms in total. The topological polar surface area (TPSA) is 98.3 Å². The molecule has 0 aliphatic heterocycles. The van der Waals surface area contributed by atoms with Gasteiger partial charge in [0.15, 0.2) is 0 Å². The first kappa shape index (κ1) is 16.2. The van der Waals surface area contributed by atoms with Crippen molar-refractivity contribution in [2.45, 2.75) is 26.9 Å². The van der Waals surface area contributed by atoms with E-state index in [-0.39, 0.29) is 23.3 Å². The third kappa shape index (κ3) is 3.36. The van der Waals surface area contributed by atoms with Crippen molar-refractivity contribution in [2.24, 2.45) is 0 Å². The number of carboxylic acid groups (broad SMARTS) is 1. The van der Waals surface area contributed by atoms with Crippen molar-refractivity contribution in [3.8, 4) is 17.0 Å². The molecular formula is C15H16BrN3O3. The second-order valence-corrected chi connectivity index (χ2v) is 5.86. The fraction of sp³-hybridized carbons (Fsp3) is 0.267. The third-order valence-electron chi connectivity index (χ3n) is 2.89. The Kier molecular flexibility index (Phi) is 4.65. The molecule has 0 spiro atoms. The molecule has 2 aromatic rings. The number of ether oxygens (including phenoxy) is 1. The maximum absolute atomic E-state index is 11.5. The fourth-order valence-corrected chi connectivity index (χ4v) is 2.53. The van der Waals surface area contributed by atoms with Gasteiger partial charge in [0.2, 0.25) is 5.95 Å². The molecule has 0 aliphatic rings. The maximum Gasteiger partial charge on any atom is 0.339 e. The number of aryl methyl sites for hydroxylation is 1. The molecule has 1 heterocycles. The molecule has 2 rings (SSSR count). The molecule has 3 N–H and O–H groups in total. The first-order valence-electron chi connectivity index (χ1n) is 6.63. The number of nitrogen functional groups attached to an aromatic ring is 1. The quantitative estimate of drug-likeness (QED) is 0.862. The van der Waals surface area contributed by atoms with Crippen molar-refractivity contribution < 1.29 is 14.6 Å². The van der Waals surface area contributed by atoms with Gasteiger partial charge >= 0.3 is 5.97 Å². The van der Waals surface area contributed by atoms with E-state index in [1.165, 1.54) is 0 Å². The highest BCUT2D eigenvalue weighted by Crippen LogP contribution is 2.32. The van der Waals surface area contributed by atoms with Gasteiger partial charge in [0, 0.05) is 5.56 Å². The van der Waals surface area contributed by atoms with Crippen LogP contribution in [0.2, 0.25) is 0 Å². The number of rotatable bonds is 4. The minimum Gasteiger partial charge on any atom is -0.490 e. The van der Waals surface area contributed by atoms with Crippen molar-refractivity contribution in [3.63, 3.8) is 0 Å². The Hall–Kier alpha value is -2.15. The molecule has 116 valence electrons. The van der Waals surface area contributed by atoms with E-state index < -0.39 is 5.97 Å². The van der Waals surface area contributed by atoms with Gasteiger partial charge in [0.25, 0.3) is 0 Å². The van der Waals surface area contributed by atoms with E-state index in [2.05, 4.69) is 25.9 Å². The van der Waals surface area contributed by atoms with Gasteiger partial charge in [-0.05, 0) is 54.9 Å². The van der Waals surface area contributed by atoms with Crippen LogP contribution >= 0.6 is 15.9 Å². The molecule has 0 bridgehead atoms. The van der Waals surface area contributed by atoms with Crippen LogP contribution in [0.3, 0.4) is 0 Å². The molecule has 0 aliphatic carbocycles. The fourth-order valence-electron chi connectivity index (χ4n) is 2.06. The summed E-state index contributed by atoms with van der Waals surface area (Å²) in [5.74, 6) is -0.378. The van der Waals surface area contributed by atoms with Gasteiger partial charge in [-0.25, -0.2) is 14.8 Å². The summed E-state index contributed by atoms with van der Waals surface area (Å²) in [6, 6.07) is 5.26. The molecule has 0 atom stereocenters. The number of benzene rings is 1. The third-order valence-corrected chi connectivity index (χ3v) is 3.51. The number of anilines is 1. The molecule has 0 radical (unpaired) electrons. The second kappa shape index (κ2) is 6.31. The average molecular weight is 366 g/mol. The second-order valence-electron chi connectivity index (χ2n) is 5.01. The number of nitrogens with zero attached hydrogens (tertiary/aromatic N) is 2. The minimum atomic E-state index is -1.09. The van der Waals surface area contributed by atoms with Gasteiger partial charge in [-0.3, -0.25) is 0 Å². The Balaban J connectivity index is 2.57. The summed E-state index contributed by atoms with van der Waals surface area (Å²) in [6.07, 6.45) is 0.0358. The number of hydrogen-bond acceptors (Lipinski definition) is 5. The Bertz CT molecular complexity index is 732. The van der Waals surface area contributed by atoms with Crippen molar-refractivity contribution in [1.29, 1.82) is 0 Å². The van der Waals surface area contributed by atoms with Crippen molar-refractivity contribution in [1.82, 2.24) is 9.97 Å². The molecule has 22 heavy (non-hydrogen) atoms. The summed E-state index contributed by atoms with van der Waals surface area (Å²) in [7, 11) is 0. The summed E-state index contributed by atoms with van der Waals surface area (Å²) in [5.41, 5.74) is 6.93. The van der Waals surface area contributed by atoms with E-state index in [0.717, 1.165) is 0 Å². The Morgan fingerprint density at radius 3 is 2.59 bits per heavy atom. The lowest BCUT2D eigenvalue weighted by atomic mass is 10.0. The smallest absolute Gasteiger partial charge is 0.339 e. The van der Waals surface area contributed by atoms with Gasteiger partial charge < -0.3 is 15.6 Å². The summed E-state index contributed by atoms with van der Waals surface area (Å²) >= 11 is 3.42. The Morgan fingerprint density at radius 2 is 2.05 bits per heavy atom. The molecule has 0 unspecified atom stereocenters. The summed E-state index contributed by atoms with van der Waals surface area (Å²) in [4.78, 5) is 19.5. The summed E-state index contributed by atoms with van der Waals surface area (Å²) < 4.78 is 6.35. The van der Waals surface area contributed by atoms with E-state index in [1.807, 2.05) is 13.8 Å². The highest BCUT2D eigenvalue weighted by atomic mass is 79.9. The van der Waals surface area contributed by atoms with Gasteiger partial charge in [-0.15, -0.1) is 0 Å². The number of aromatic nitrogens is 2. The van der Waals surface area contributed by atoms with Gasteiger partial charge in [0.05, 0.1) is 22.0 Å². The summed E-state index contributed by atoms with van der Waals surface area (Å²) in [6.45, 7) is 5.45. The van der Waals surface area contributed by atoms with Crippen LogP contribution in [0, 0.1) is 6.92 Å². The Morgan fingerprint density at radius 1 is 1.36 bits per heavy atom. The zero-order chi connectivity index (χ0) is 16.4. The minimum absolute atomic E-state index is 0.0358. The zero-order valence-electron chi connectivity index (χ0n) is 12.4. The van der Waals surface area contributed by atoms with E-state index in [0.29, 0.717) is 21.5 Å². The van der Waals surface area contributed by atoms with Crippen LogP contribution in [-0.2, 0) is 0 Å². The number of aromatic carboxylic acids is 1. The largest absolute Gasteiger partial charge is 0.490 e. The number of carboxylic acids is 1. The number of nitrogens with two attached hydrogens (primary N) is 1. The van der Waals surface area contributed by atoms with Gasteiger partial charge in [-0.2, -0.15) is 0 Å². The van der Waals surface area contributed by atoms with Crippen molar-refractivity contribution >= 4 is 27.8 Å². The number of carbonyl (C=O) groups is 1. The Labute approximate surface area is 136 Å². The lowest BCUT2D eigenvalue weighted by Crippen LogP contribution is -2.10. The van der Waals surface area contributed by atoms with Crippen LogP contribution < -0.4 is 10.5 Å². The van der Waals surface area contributed by atoms with Crippen LogP contribution in [0.25, 0.3) is 11.3 Å². The monoisotopic (exact) mass is 365 g/mol. The first-order valence-corrected chi connectivity index (χ1v) is 7.43. The van der Waals surface area contributed by atoms with Crippen LogP contribution in [-0.4, -0.2) is 27.1 Å². The normalized spacial score (nSPS) is 10.8. The van der Waals surface area contributed by atoms with E-state index in [1.54, 1.807) is 25.1 Å². The zero-order valence-corrected chi connectivity index (χ0v) is 14.0. The van der Waals surface area contributed by atoms with Crippen molar-refractivity contribution in [3.05, 3.63) is 33.9 Å². The molecule has 0 fully saturated rings. The van der Waals surface area contributed by atoms with E-state index in [9.17, 15) is 9.90 Å². The number of hydrogen-bond donors (Lipinski definition) is 2. The standard InChI is InChI=1S/C15H16BrN3O3/c1-7(2)22-11-5-4-9(6-10(11)16)13-12(14(20)21)8(3)18-15(17)19-13/h4-7H,1-3H3,(H,20,21)(H2,17,18,19). The van der Waals surface area contributed by atoms with Crippen LogP contribution in [0.5, 0.6) is 5.75 Å². The molecular weight excluding hydrogens is 350 g/mol. The average Bonchev–Trinajstić information content (AvgIpc) is 2.39. The van der Waals surface area contributed by atoms with Crippen LogP contribution in [0.15, 0.2) is 22.7 Å².